The second kappa shape index (κ2) is 10.8. The Morgan fingerprint density at radius 3 is 1.51 bits per heavy atom. The highest BCUT2D eigenvalue weighted by atomic mass is 32.1. The molecule has 43 heavy (non-hydrogen) atoms. The smallest absolute Gasteiger partial charge is 0.119 e. The van der Waals surface area contributed by atoms with Gasteiger partial charge in [0, 0.05) is 21.9 Å². The van der Waals surface area contributed by atoms with Crippen LogP contribution in [0.5, 0.6) is 11.5 Å². The lowest BCUT2D eigenvalue weighted by Crippen LogP contribution is -2.28. The predicted octanol–water partition coefficient (Wildman–Crippen LogP) is 10.2. The Morgan fingerprint density at radius 2 is 1.02 bits per heavy atom. The van der Waals surface area contributed by atoms with Crippen LogP contribution in [0.2, 0.25) is 0 Å². The molecule has 0 saturated heterocycles. The zero-order valence-corrected chi connectivity index (χ0v) is 25.6. The number of nitrogens with zero attached hydrogens (tertiary/aromatic N) is 1. The number of anilines is 3. The molecular weight excluding hydrogens is 547 g/mol. The third-order valence-corrected chi connectivity index (χ3v) is 9.56. The zero-order valence-electron chi connectivity index (χ0n) is 24.8. The molecule has 0 amide bonds. The number of hydrogen-bond donors (Lipinski definition) is 0. The molecule has 0 spiro atoms. The average molecular weight is 580 g/mol. The first-order valence-corrected chi connectivity index (χ1v) is 15.4. The Kier molecular flexibility index (Phi) is 6.79. The predicted molar refractivity (Wildman–Crippen MR) is 179 cm³/mol. The summed E-state index contributed by atoms with van der Waals surface area (Å²) in [5.74, 6) is 1.66. The molecule has 0 radical (unpaired) electrons. The average Bonchev–Trinajstić information content (AvgIpc) is 3.63. The highest BCUT2D eigenvalue weighted by molar-refractivity contribution is 7.14. The van der Waals surface area contributed by atoms with E-state index in [1.807, 2.05) is 35.6 Å². The van der Waals surface area contributed by atoms with Gasteiger partial charge in [-0.1, -0.05) is 65.7 Å². The molecule has 0 aliphatic heterocycles. The van der Waals surface area contributed by atoms with E-state index in [1.165, 1.54) is 43.8 Å². The van der Waals surface area contributed by atoms with Gasteiger partial charge in [-0.25, -0.2) is 0 Å². The van der Waals surface area contributed by atoms with Gasteiger partial charge >= 0.3 is 0 Å². The Hall–Kier alpha value is -4.80. The minimum atomic E-state index is -0.437. The van der Waals surface area contributed by atoms with Crippen LogP contribution in [0.3, 0.4) is 0 Å². The fraction of sp³-hybridized carbons (Fsp3) is 0.128. The molecule has 1 aliphatic carbocycles. The highest BCUT2D eigenvalue weighted by Crippen LogP contribution is 2.59. The number of methoxy groups -OCH3 is 2. The van der Waals surface area contributed by atoms with Crippen LogP contribution in [0.1, 0.15) is 33.4 Å². The van der Waals surface area contributed by atoms with Crippen LogP contribution in [0, 0.1) is 13.8 Å². The fourth-order valence-corrected chi connectivity index (χ4v) is 7.44. The molecule has 0 bridgehead atoms. The van der Waals surface area contributed by atoms with Crippen LogP contribution in [0.4, 0.5) is 17.1 Å². The van der Waals surface area contributed by atoms with Gasteiger partial charge in [0.05, 0.1) is 19.6 Å². The molecule has 3 nitrogen and oxygen atoms in total. The van der Waals surface area contributed by atoms with Crippen LogP contribution < -0.4 is 14.4 Å². The number of rotatable bonds is 7. The molecule has 5 aromatic carbocycles. The second-order valence-electron chi connectivity index (χ2n) is 11.1. The van der Waals surface area contributed by atoms with Crippen molar-refractivity contribution in [3.05, 3.63) is 160 Å². The zero-order chi connectivity index (χ0) is 29.6. The minimum absolute atomic E-state index is 0.437. The van der Waals surface area contributed by atoms with E-state index in [1.54, 1.807) is 14.2 Å². The molecule has 0 unspecified atom stereocenters. The van der Waals surface area contributed by atoms with Gasteiger partial charge < -0.3 is 14.4 Å². The van der Waals surface area contributed by atoms with Gasteiger partial charge in [-0.3, -0.25) is 0 Å². The summed E-state index contributed by atoms with van der Waals surface area (Å²) < 4.78 is 11.0. The summed E-state index contributed by atoms with van der Waals surface area (Å²) in [6, 6.07) is 44.0. The first kappa shape index (κ1) is 27.1. The first-order chi connectivity index (χ1) is 21.0. The molecule has 0 atom stereocenters. The SMILES string of the molecule is COc1ccc(N(c2ccc(OC)cc2)c2ccc3c(c2)C(c2ccc(C)cc2)(c2ccc(C)cc2)c2ccsc2-3)cc1. The summed E-state index contributed by atoms with van der Waals surface area (Å²) in [5, 5.41) is 2.24. The maximum Gasteiger partial charge on any atom is 0.119 e. The van der Waals surface area contributed by atoms with E-state index in [2.05, 4.69) is 121 Å². The van der Waals surface area contributed by atoms with Crippen molar-refractivity contribution in [2.75, 3.05) is 19.1 Å². The van der Waals surface area contributed by atoms with Gasteiger partial charge in [0.2, 0.25) is 0 Å². The normalized spacial score (nSPS) is 12.8. The van der Waals surface area contributed by atoms with E-state index in [9.17, 15) is 0 Å². The summed E-state index contributed by atoms with van der Waals surface area (Å²) in [5.41, 5.74) is 11.8. The Balaban J connectivity index is 1.50. The van der Waals surface area contributed by atoms with Gasteiger partial charge in [0.15, 0.2) is 0 Å². The van der Waals surface area contributed by atoms with Gasteiger partial charge in [0.25, 0.3) is 0 Å². The van der Waals surface area contributed by atoms with Crippen molar-refractivity contribution in [3.8, 4) is 21.9 Å². The molecule has 0 fully saturated rings. The molecule has 6 aromatic rings. The van der Waals surface area contributed by atoms with E-state index in [4.69, 9.17) is 9.47 Å². The second-order valence-corrected chi connectivity index (χ2v) is 12.0. The van der Waals surface area contributed by atoms with Gasteiger partial charge in [-0.2, -0.15) is 0 Å². The summed E-state index contributed by atoms with van der Waals surface area (Å²) in [4.78, 5) is 3.64. The summed E-state index contributed by atoms with van der Waals surface area (Å²) in [6.45, 7) is 4.31. The molecule has 7 rings (SSSR count). The molecule has 1 aromatic heterocycles. The van der Waals surface area contributed by atoms with Gasteiger partial charge in [0.1, 0.15) is 11.5 Å². The molecule has 1 aliphatic rings. The molecule has 4 heteroatoms. The molecule has 0 saturated carbocycles. The molecular formula is C39H33NO2S. The number of thiophene rings is 1. The fourth-order valence-electron chi connectivity index (χ4n) is 6.44. The number of aryl methyl sites for hydroxylation is 2. The molecule has 0 N–H and O–H groups in total. The van der Waals surface area contributed by atoms with Crippen molar-refractivity contribution >= 4 is 28.4 Å². The van der Waals surface area contributed by atoms with E-state index in [-0.39, 0.29) is 0 Å². The number of ether oxygens (including phenoxy) is 2. The van der Waals surface area contributed by atoms with Crippen molar-refractivity contribution in [2.45, 2.75) is 19.3 Å². The standard InChI is InChI=1S/C39H33NO2S/c1-26-5-9-28(10-6-26)39(29-11-7-27(2)8-12-29)36-23-24-43-38(36)35-22-17-32(25-37(35)39)40(30-13-18-33(41-3)19-14-30)31-15-20-34(42-4)21-16-31/h5-25H,1-4H3. The Bertz CT molecular complexity index is 1790. The lowest BCUT2D eigenvalue weighted by atomic mass is 9.68. The minimum Gasteiger partial charge on any atom is -0.497 e. The maximum absolute atomic E-state index is 5.49. The van der Waals surface area contributed by atoms with E-state index in [0.717, 1.165) is 28.6 Å². The van der Waals surface area contributed by atoms with Gasteiger partial charge in [-0.05, 0) is 114 Å². The number of hydrogen-bond acceptors (Lipinski definition) is 4. The van der Waals surface area contributed by atoms with Crippen molar-refractivity contribution in [1.29, 1.82) is 0 Å². The van der Waals surface area contributed by atoms with Crippen LogP contribution in [0.25, 0.3) is 10.4 Å². The lowest BCUT2D eigenvalue weighted by molar-refractivity contribution is 0.415. The summed E-state index contributed by atoms with van der Waals surface area (Å²) >= 11 is 1.83. The summed E-state index contributed by atoms with van der Waals surface area (Å²) in [6.07, 6.45) is 0. The largest absolute Gasteiger partial charge is 0.497 e. The Labute approximate surface area is 257 Å². The van der Waals surface area contributed by atoms with E-state index < -0.39 is 5.41 Å². The van der Waals surface area contributed by atoms with Gasteiger partial charge in [-0.15, -0.1) is 11.3 Å². The first-order valence-electron chi connectivity index (χ1n) is 14.5. The van der Waals surface area contributed by atoms with E-state index >= 15 is 0 Å². The maximum atomic E-state index is 5.49. The van der Waals surface area contributed by atoms with Crippen molar-refractivity contribution in [3.63, 3.8) is 0 Å². The summed E-state index contributed by atoms with van der Waals surface area (Å²) in [7, 11) is 3.40. The van der Waals surface area contributed by atoms with Crippen molar-refractivity contribution < 1.29 is 9.47 Å². The van der Waals surface area contributed by atoms with Crippen LogP contribution in [-0.4, -0.2) is 14.2 Å². The topological polar surface area (TPSA) is 21.7 Å². The van der Waals surface area contributed by atoms with Crippen molar-refractivity contribution in [1.82, 2.24) is 0 Å². The van der Waals surface area contributed by atoms with E-state index in [0.29, 0.717) is 0 Å². The molecule has 212 valence electrons. The number of benzene rings is 5. The monoisotopic (exact) mass is 579 g/mol. The third-order valence-electron chi connectivity index (χ3n) is 8.61. The quantitative estimate of drug-likeness (QED) is 0.188. The number of fused-ring (bicyclic) bond motifs is 3. The highest BCUT2D eigenvalue weighted by Gasteiger charge is 2.47. The Morgan fingerprint density at radius 1 is 0.535 bits per heavy atom. The van der Waals surface area contributed by atoms with Crippen LogP contribution >= 0.6 is 11.3 Å². The molecule has 1 heterocycles. The van der Waals surface area contributed by atoms with Crippen LogP contribution in [0.15, 0.2) is 127 Å². The van der Waals surface area contributed by atoms with Crippen molar-refractivity contribution in [2.24, 2.45) is 0 Å². The van der Waals surface area contributed by atoms with Crippen LogP contribution in [-0.2, 0) is 5.41 Å². The third kappa shape index (κ3) is 4.41. The lowest BCUT2D eigenvalue weighted by Gasteiger charge is -2.34.